The van der Waals surface area contributed by atoms with Gasteiger partial charge in [0.05, 0.1) is 21.9 Å². The van der Waals surface area contributed by atoms with Crippen molar-refractivity contribution in [3.05, 3.63) is 106 Å². The fraction of sp³-hybridized carbons (Fsp3) is 0.226. The van der Waals surface area contributed by atoms with Crippen LogP contribution in [0.1, 0.15) is 21.5 Å². The van der Waals surface area contributed by atoms with Crippen molar-refractivity contribution in [1.82, 2.24) is 14.8 Å². The standard InChI is InChI=1S/C31H28Cl2N4O4/c32-26-8-4-23(16-27(26)33)31(38)35-24-5-10-30(34-17-24)41-25-6-1-21(2-7-25)18-36-11-13-37(14-12-36)19-22-3-9-28-29(15-22)40-20-39-28/h1-10,15-17H,11-14,18-20H2,(H,35,38). The van der Waals surface area contributed by atoms with E-state index in [1.807, 2.05) is 18.2 Å². The Hall–Kier alpha value is -3.82. The van der Waals surface area contributed by atoms with E-state index in [-0.39, 0.29) is 5.91 Å². The molecule has 1 amide bonds. The number of nitrogens with one attached hydrogen (secondary N) is 1. The molecule has 41 heavy (non-hydrogen) atoms. The molecule has 0 bridgehead atoms. The van der Waals surface area contributed by atoms with Crippen LogP contribution in [0.5, 0.6) is 23.1 Å². The normalized spacial score (nSPS) is 15.1. The molecule has 0 aliphatic carbocycles. The fourth-order valence-electron chi connectivity index (χ4n) is 4.80. The molecule has 3 aromatic carbocycles. The third-order valence-corrected chi connectivity index (χ3v) is 7.78. The highest BCUT2D eigenvalue weighted by atomic mass is 35.5. The highest BCUT2D eigenvalue weighted by Gasteiger charge is 2.19. The van der Waals surface area contributed by atoms with E-state index in [9.17, 15) is 4.79 Å². The van der Waals surface area contributed by atoms with Crippen LogP contribution in [-0.2, 0) is 13.1 Å². The van der Waals surface area contributed by atoms with Crippen LogP contribution in [0.2, 0.25) is 10.0 Å². The lowest BCUT2D eigenvalue weighted by atomic mass is 10.1. The Balaban J connectivity index is 0.957. The maximum Gasteiger partial charge on any atom is 0.255 e. The van der Waals surface area contributed by atoms with Gasteiger partial charge < -0.3 is 19.5 Å². The summed E-state index contributed by atoms with van der Waals surface area (Å²) in [6.45, 7) is 6.18. The number of aromatic nitrogens is 1. The predicted molar refractivity (Wildman–Crippen MR) is 158 cm³/mol. The van der Waals surface area contributed by atoms with Crippen LogP contribution < -0.4 is 19.5 Å². The van der Waals surface area contributed by atoms with Gasteiger partial charge in [0.2, 0.25) is 12.7 Å². The number of fused-ring (bicyclic) bond motifs is 1. The number of pyridine rings is 1. The zero-order valence-corrected chi connectivity index (χ0v) is 23.7. The number of ether oxygens (including phenoxy) is 3. The third kappa shape index (κ3) is 6.92. The second-order valence-electron chi connectivity index (χ2n) is 9.95. The molecule has 6 rings (SSSR count). The van der Waals surface area contributed by atoms with Gasteiger partial charge in [0, 0.05) is 50.9 Å². The lowest BCUT2D eigenvalue weighted by Crippen LogP contribution is -2.45. The van der Waals surface area contributed by atoms with Gasteiger partial charge in [-0.1, -0.05) is 41.4 Å². The van der Waals surface area contributed by atoms with Gasteiger partial charge >= 0.3 is 0 Å². The van der Waals surface area contributed by atoms with Gasteiger partial charge in [-0.25, -0.2) is 4.98 Å². The molecule has 1 fully saturated rings. The van der Waals surface area contributed by atoms with Crippen molar-refractivity contribution in [2.75, 3.05) is 38.3 Å². The summed E-state index contributed by atoms with van der Waals surface area (Å²) < 4.78 is 16.8. The van der Waals surface area contributed by atoms with Crippen LogP contribution >= 0.6 is 23.2 Å². The maximum absolute atomic E-state index is 12.5. The first kappa shape index (κ1) is 27.4. The number of carbonyl (C=O) groups is 1. The fourth-order valence-corrected chi connectivity index (χ4v) is 5.10. The Labute approximate surface area is 248 Å². The molecule has 0 atom stereocenters. The number of anilines is 1. The third-order valence-electron chi connectivity index (χ3n) is 7.04. The lowest BCUT2D eigenvalue weighted by Gasteiger charge is -2.34. The number of halogens is 2. The number of piperazine rings is 1. The molecule has 0 unspecified atom stereocenters. The highest BCUT2D eigenvalue weighted by molar-refractivity contribution is 6.42. The zero-order chi connectivity index (χ0) is 28.2. The summed E-state index contributed by atoms with van der Waals surface area (Å²) in [4.78, 5) is 21.7. The molecule has 3 heterocycles. The number of hydrogen-bond acceptors (Lipinski definition) is 7. The molecule has 1 aromatic heterocycles. The molecular formula is C31H28Cl2N4O4. The summed E-state index contributed by atoms with van der Waals surface area (Å²) in [5, 5.41) is 3.51. The van der Waals surface area contributed by atoms with Crippen LogP contribution in [0, 0.1) is 0 Å². The van der Waals surface area contributed by atoms with E-state index in [1.54, 1.807) is 30.5 Å². The van der Waals surface area contributed by atoms with Crippen molar-refractivity contribution in [3.8, 4) is 23.1 Å². The largest absolute Gasteiger partial charge is 0.454 e. The highest BCUT2D eigenvalue weighted by Crippen LogP contribution is 2.33. The molecule has 2 aliphatic heterocycles. The molecule has 1 N–H and O–H groups in total. The minimum Gasteiger partial charge on any atom is -0.454 e. The van der Waals surface area contributed by atoms with Gasteiger partial charge in [0.1, 0.15) is 5.75 Å². The first-order chi connectivity index (χ1) is 20.0. The second-order valence-corrected chi connectivity index (χ2v) is 10.8. The van der Waals surface area contributed by atoms with Crippen LogP contribution in [0.4, 0.5) is 5.69 Å². The van der Waals surface area contributed by atoms with E-state index in [1.165, 1.54) is 17.2 Å². The zero-order valence-electron chi connectivity index (χ0n) is 22.2. The van der Waals surface area contributed by atoms with Crippen LogP contribution in [-0.4, -0.2) is 53.7 Å². The summed E-state index contributed by atoms with van der Waals surface area (Å²) in [6.07, 6.45) is 1.55. The Bertz CT molecular complexity index is 1520. The Morgan fingerprint density at radius 1 is 0.805 bits per heavy atom. The van der Waals surface area contributed by atoms with Crippen molar-refractivity contribution in [3.63, 3.8) is 0 Å². The van der Waals surface area contributed by atoms with Gasteiger partial charge in [0.15, 0.2) is 11.5 Å². The maximum atomic E-state index is 12.5. The Morgan fingerprint density at radius 2 is 1.51 bits per heavy atom. The Kier molecular flexibility index (Phi) is 8.25. The van der Waals surface area contributed by atoms with Crippen molar-refractivity contribution >= 4 is 34.8 Å². The molecule has 10 heteroatoms. The lowest BCUT2D eigenvalue weighted by molar-refractivity contribution is 0.102. The number of rotatable bonds is 8. The van der Waals surface area contributed by atoms with E-state index in [0.29, 0.717) is 39.7 Å². The molecule has 8 nitrogen and oxygen atoms in total. The molecule has 210 valence electrons. The first-order valence-electron chi connectivity index (χ1n) is 13.3. The van der Waals surface area contributed by atoms with Crippen molar-refractivity contribution in [2.45, 2.75) is 13.1 Å². The second kappa shape index (κ2) is 12.4. The summed E-state index contributed by atoms with van der Waals surface area (Å²) in [5.41, 5.74) is 3.42. The first-order valence-corrected chi connectivity index (χ1v) is 14.1. The minimum absolute atomic E-state index is 0.304. The van der Waals surface area contributed by atoms with Crippen molar-refractivity contribution < 1.29 is 19.0 Å². The van der Waals surface area contributed by atoms with E-state index in [2.05, 4.69) is 44.4 Å². The summed E-state index contributed by atoms with van der Waals surface area (Å²) in [5.74, 6) is 2.49. The summed E-state index contributed by atoms with van der Waals surface area (Å²) in [6, 6.07) is 22.4. The number of hydrogen-bond donors (Lipinski definition) is 1. The Morgan fingerprint density at radius 3 is 2.22 bits per heavy atom. The summed E-state index contributed by atoms with van der Waals surface area (Å²) in [7, 11) is 0. The molecule has 1 saturated heterocycles. The van der Waals surface area contributed by atoms with E-state index < -0.39 is 0 Å². The monoisotopic (exact) mass is 590 g/mol. The van der Waals surface area contributed by atoms with E-state index >= 15 is 0 Å². The van der Waals surface area contributed by atoms with Crippen LogP contribution in [0.25, 0.3) is 0 Å². The van der Waals surface area contributed by atoms with Crippen molar-refractivity contribution in [2.24, 2.45) is 0 Å². The van der Waals surface area contributed by atoms with Gasteiger partial charge in [-0.05, 0) is 59.7 Å². The average Bonchev–Trinajstić information content (AvgIpc) is 3.46. The summed E-state index contributed by atoms with van der Waals surface area (Å²) >= 11 is 11.9. The average molecular weight is 591 g/mol. The molecule has 0 radical (unpaired) electrons. The molecule has 4 aromatic rings. The molecule has 2 aliphatic rings. The SMILES string of the molecule is O=C(Nc1ccc(Oc2ccc(CN3CCN(Cc4ccc5c(c4)OCO5)CC3)cc2)nc1)c1ccc(Cl)c(Cl)c1. The van der Waals surface area contributed by atoms with Crippen LogP contribution in [0.3, 0.4) is 0 Å². The molecule has 0 saturated carbocycles. The number of carbonyl (C=O) groups excluding carboxylic acids is 1. The number of amides is 1. The topological polar surface area (TPSA) is 76.2 Å². The van der Waals surface area contributed by atoms with Gasteiger partial charge in [-0.15, -0.1) is 0 Å². The van der Waals surface area contributed by atoms with Gasteiger partial charge in [0.25, 0.3) is 5.91 Å². The van der Waals surface area contributed by atoms with E-state index in [0.717, 1.165) is 50.8 Å². The molecular weight excluding hydrogens is 563 g/mol. The minimum atomic E-state index is -0.305. The van der Waals surface area contributed by atoms with Crippen molar-refractivity contribution in [1.29, 1.82) is 0 Å². The van der Waals surface area contributed by atoms with Crippen LogP contribution in [0.15, 0.2) is 79.0 Å². The number of benzene rings is 3. The van der Waals surface area contributed by atoms with E-state index in [4.69, 9.17) is 37.4 Å². The number of nitrogens with zero attached hydrogens (tertiary/aromatic N) is 3. The van der Waals surface area contributed by atoms with Gasteiger partial charge in [-0.3, -0.25) is 14.6 Å². The smallest absolute Gasteiger partial charge is 0.255 e. The quantitative estimate of drug-likeness (QED) is 0.252. The van der Waals surface area contributed by atoms with Gasteiger partial charge in [-0.2, -0.15) is 0 Å². The molecule has 0 spiro atoms. The predicted octanol–water partition coefficient (Wildman–Crippen LogP) is 6.48.